The molecule has 0 unspecified atom stereocenters. The zero-order valence-corrected chi connectivity index (χ0v) is 12.6. The summed E-state index contributed by atoms with van der Waals surface area (Å²) in [7, 11) is 0. The lowest BCUT2D eigenvalue weighted by atomic mass is 10.1. The smallest absolute Gasteiger partial charge is 0.336 e. The molecule has 0 bridgehead atoms. The summed E-state index contributed by atoms with van der Waals surface area (Å²) in [5, 5.41) is 1.97. The summed E-state index contributed by atoms with van der Waals surface area (Å²) >= 11 is 1.58. The van der Waals surface area contributed by atoms with Crippen LogP contribution in [0.2, 0.25) is 0 Å². The van der Waals surface area contributed by atoms with Gasteiger partial charge >= 0.3 is 5.97 Å². The van der Waals surface area contributed by atoms with E-state index in [1.54, 1.807) is 29.5 Å². The predicted molar refractivity (Wildman–Crippen MR) is 90.9 cm³/mol. The van der Waals surface area contributed by atoms with Gasteiger partial charge in [-0.1, -0.05) is 48.5 Å². The zero-order chi connectivity index (χ0) is 15.2. The zero-order valence-electron chi connectivity index (χ0n) is 11.8. The molecule has 0 fully saturated rings. The van der Waals surface area contributed by atoms with Crippen molar-refractivity contribution in [1.29, 1.82) is 0 Å². The summed E-state index contributed by atoms with van der Waals surface area (Å²) in [6.45, 7) is 0. The molecule has 0 atom stereocenters. The fraction of sp³-hybridized carbons (Fsp3) is 0. The van der Waals surface area contributed by atoms with Crippen molar-refractivity contribution in [2.75, 3.05) is 0 Å². The Morgan fingerprint density at radius 1 is 0.864 bits per heavy atom. The summed E-state index contributed by atoms with van der Waals surface area (Å²) in [5.74, 6) is 0.168. The average Bonchev–Trinajstić information content (AvgIpc) is 3.08. The fourth-order valence-electron chi connectivity index (χ4n) is 2.03. The van der Waals surface area contributed by atoms with Crippen molar-refractivity contribution in [3.05, 3.63) is 83.1 Å². The van der Waals surface area contributed by atoms with Gasteiger partial charge in [0.25, 0.3) is 0 Å². The Labute approximate surface area is 133 Å². The summed E-state index contributed by atoms with van der Waals surface area (Å²) in [6.07, 6.45) is 3.20. The number of carbonyl (C=O) groups is 1. The van der Waals surface area contributed by atoms with Crippen molar-refractivity contribution in [3.63, 3.8) is 0 Å². The summed E-state index contributed by atoms with van der Waals surface area (Å²) in [4.78, 5) is 12.8. The van der Waals surface area contributed by atoms with E-state index in [1.165, 1.54) is 6.08 Å². The largest absolute Gasteiger partial charge is 0.423 e. The van der Waals surface area contributed by atoms with Crippen LogP contribution in [-0.2, 0) is 4.79 Å². The third-order valence-electron chi connectivity index (χ3n) is 3.11. The average molecular weight is 306 g/mol. The minimum absolute atomic E-state index is 0.374. The Morgan fingerprint density at radius 2 is 1.59 bits per heavy atom. The van der Waals surface area contributed by atoms with Gasteiger partial charge < -0.3 is 4.74 Å². The van der Waals surface area contributed by atoms with Gasteiger partial charge in [-0.05, 0) is 40.8 Å². The van der Waals surface area contributed by atoms with Crippen LogP contribution in [-0.4, -0.2) is 5.97 Å². The van der Waals surface area contributed by atoms with Crippen LogP contribution in [0, 0.1) is 0 Å². The second-order valence-electron chi connectivity index (χ2n) is 4.66. The van der Waals surface area contributed by atoms with E-state index in [-0.39, 0.29) is 5.97 Å². The molecule has 0 aliphatic carbocycles. The van der Waals surface area contributed by atoms with E-state index in [2.05, 4.69) is 0 Å². The van der Waals surface area contributed by atoms with E-state index in [9.17, 15) is 4.79 Å². The van der Waals surface area contributed by atoms with Gasteiger partial charge in [0.2, 0.25) is 0 Å². The van der Waals surface area contributed by atoms with Gasteiger partial charge in [0.05, 0.1) is 0 Å². The standard InChI is InChI=1S/C19H14O2S/c20-19(13-12-18-7-4-14-22-18)21-17-10-8-16(9-11-17)15-5-2-1-3-6-15/h1-14H/b13-12+. The minimum Gasteiger partial charge on any atom is -0.423 e. The highest BCUT2D eigenvalue weighted by atomic mass is 32.1. The molecular formula is C19H14O2S. The Bertz CT molecular complexity index is 757. The number of carbonyl (C=O) groups excluding carboxylic acids is 1. The number of hydrogen-bond donors (Lipinski definition) is 0. The van der Waals surface area contributed by atoms with E-state index in [0.717, 1.165) is 16.0 Å². The van der Waals surface area contributed by atoms with Gasteiger partial charge in [-0.25, -0.2) is 4.79 Å². The van der Waals surface area contributed by atoms with E-state index < -0.39 is 0 Å². The van der Waals surface area contributed by atoms with Gasteiger partial charge in [-0.3, -0.25) is 0 Å². The van der Waals surface area contributed by atoms with Crippen LogP contribution in [0.1, 0.15) is 4.88 Å². The quantitative estimate of drug-likeness (QED) is 0.384. The van der Waals surface area contributed by atoms with Crippen LogP contribution in [0.3, 0.4) is 0 Å². The molecule has 0 N–H and O–H groups in total. The van der Waals surface area contributed by atoms with Crippen molar-refractivity contribution >= 4 is 23.4 Å². The van der Waals surface area contributed by atoms with Crippen molar-refractivity contribution in [2.45, 2.75) is 0 Å². The van der Waals surface area contributed by atoms with Crippen molar-refractivity contribution in [3.8, 4) is 16.9 Å². The maximum Gasteiger partial charge on any atom is 0.336 e. The molecular weight excluding hydrogens is 292 g/mol. The SMILES string of the molecule is O=C(/C=C/c1cccs1)Oc1ccc(-c2ccccc2)cc1. The van der Waals surface area contributed by atoms with Crippen LogP contribution < -0.4 is 4.74 Å². The number of benzene rings is 2. The first kappa shape index (κ1) is 14.3. The Hall–Kier alpha value is -2.65. The topological polar surface area (TPSA) is 26.3 Å². The molecule has 0 aliphatic heterocycles. The monoisotopic (exact) mass is 306 g/mol. The molecule has 3 rings (SSSR count). The number of ether oxygens (including phenoxy) is 1. The number of thiophene rings is 1. The third-order valence-corrected chi connectivity index (χ3v) is 3.94. The van der Waals surface area contributed by atoms with Gasteiger partial charge in [-0.2, -0.15) is 0 Å². The minimum atomic E-state index is -0.374. The molecule has 1 heterocycles. The molecule has 2 aromatic carbocycles. The third kappa shape index (κ3) is 3.71. The van der Waals surface area contributed by atoms with Crippen molar-refractivity contribution in [1.82, 2.24) is 0 Å². The lowest BCUT2D eigenvalue weighted by Crippen LogP contribution is -2.03. The Morgan fingerprint density at radius 3 is 2.27 bits per heavy atom. The van der Waals surface area contributed by atoms with Crippen LogP contribution in [0.15, 0.2) is 78.2 Å². The molecule has 0 saturated heterocycles. The number of esters is 1. The lowest BCUT2D eigenvalue weighted by molar-refractivity contribution is -0.128. The van der Waals surface area contributed by atoms with Crippen LogP contribution in [0.5, 0.6) is 5.75 Å². The first-order valence-electron chi connectivity index (χ1n) is 6.90. The molecule has 0 amide bonds. The molecule has 0 spiro atoms. The molecule has 1 aromatic heterocycles. The molecule has 0 radical (unpaired) electrons. The Kier molecular flexibility index (Phi) is 4.47. The fourth-order valence-corrected chi connectivity index (χ4v) is 2.65. The molecule has 3 aromatic rings. The molecule has 2 nitrogen and oxygen atoms in total. The summed E-state index contributed by atoms with van der Waals surface area (Å²) < 4.78 is 5.28. The summed E-state index contributed by atoms with van der Waals surface area (Å²) in [5.41, 5.74) is 2.23. The van der Waals surface area contributed by atoms with Gasteiger partial charge in [0.15, 0.2) is 0 Å². The van der Waals surface area contributed by atoms with Gasteiger partial charge in [0.1, 0.15) is 5.75 Å². The van der Waals surface area contributed by atoms with Crippen LogP contribution in [0.25, 0.3) is 17.2 Å². The van der Waals surface area contributed by atoms with Crippen LogP contribution >= 0.6 is 11.3 Å². The molecule has 108 valence electrons. The van der Waals surface area contributed by atoms with Gasteiger partial charge in [0, 0.05) is 11.0 Å². The molecule has 22 heavy (non-hydrogen) atoms. The van der Waals surface area contributed by atoms with Crippen molar-refractivity contribution < 1.29 is 9.53 Å². The van der Waals surface area contributed by atoms with E-state index in [0.29, 0.717) is 5.75 Å². The maximum atomic E-state index is 11.8. The normalized spacial score (nSPS) is 10.7. The van der Waals surface area contributed by atoms with Crippen LogP contribution in [0.4, 0.5) is 0 Å². The number of hydrogen-bond acceptors (Lipinski definition) is 3. The second-order valence-corrected chi connectivity index (χ2v) is 5.64. The Balaban J connectivity index is 1.65. The maximum absolute atomic E-state index is 11.8. The van der Waals surface area contributed by atoms with E-state index in [4.69, 9.17) is 4.74 Å². The van der Waals surface area contributed by atoms with Gasteiger partial charge in [-0.15, -0.1) is 11.3 Å². The first-order valence-corrected chi connectivity index (χ1v) is 7.78. The molecule has 0 aliphatic rings. The second kappa shape index (κ2) is 6.87. The summed E-state index contributed by atoms with van der Waals surface area (Å²) in [6, 6.07) is 21.5. The molecule has 0 saturated carbocycles. The highest BCUT2D eigenvalue weighted by Gasteiger charge is 2.02. The number of rotatable bonds is 4. The van der Waals surface area contributed by atoms with E-state index in [1.807, 2.05) is 60.0 Å². The lowest BCUT2D eigenvalue weighted by Gasteiger charge is -2.04. The highest BCUT2D eigenvalue weighted by Crippen LogP contribution is 2.22. The highest BCUT2D eigenvalue weighted by molar-refractivity contribution is 7.10. The molecule has 3 heteroatoms. The first-order chi connectivity index (χ1) is 10.8. The van der Waals surface area contributed by atoms with Crippen molar-refractivity contribution in [2.24, 2.45) is 0 Å². The predicted octanol–water partition coefficient (Wildman–Crippen LogP) is 5.03. The van der Waals surface area contributed by atoms with E-state index >= 15 is 0 Å².